The van der Waals surface area contributed by atoms with Gasteiger partial charge in [0.25, 0.3) is 0 Å². The molecule has 2 nitrogen and oxygen atoms in total. The number of sulfone groups is 1. The van der Waals surface area contributed by atoms with Gasteiger partial charge in [0.1, 0.15) is 0 Å². The van der Waals surface area contributed by atoms with E-state index in [1.807, 2.05) is 30.3 Å². The summed E-state index contributed by atoms with van der Waals surface area (Å²) in [6, 6.07) is 9.66. The molecule has 0 aliphatic carbocycles. The summed E-state index contributed by atoms with van der Waals surface area (Å²) in [6.07, 6.45) is 2.22. The molecule has 0 saturated carbocycles. The van der Waals surface area contributed by atoms with Crippen LogP contribution in [0.2, 0.25) is 0 Å². The Balaban J connectivity index is 2.66. The van der Waals surface area contributed by atoms with Gasteiger partial charge in [0, 0.05) is 4.91 Å². The summed E-state index contributed by atoms with van der Waals surface area (Å²) in [4.78, 5) is 0.457. The lowest BCUT2D eigenvalue weighted by atomic mass is 10.2. The van der Waals surface area contributed by atoms with Crippen LogP contribution in [0.1, 0.15) is 19.4 Å². The monoisotopic (exact) mass is 224 g/mol. The first-order valence-electron chi connectivity index (χ1n) is 4.96. The summed E-state index contributed by atoms with van der Waals surface area (Å²) in [5.41, 5.74) is 1.06. The predicted octanol–water partition coefficient (Wildman–Crippen LogP) is 2.57. The molecule has 0 saturated heterocycles. The van der Waals surface area contributed by atoms with Gasteiger partial charge in [-0.05, 0) is 25.8 Å². The van der Waals surface area contributed by atoms with Gasteiger partial charge in [-0.1, -0.05) is 36.4 Å². The molecule has 0 aromatic heterocycles. The van der Waals surface area contributed by atoms with Crippen LogP contribution in [-0.4, -0.2) is 14.2 Å². The number of allylic oxidation sites excluding steroid dienone is 2. The molecule has 0 amide bonds. The van der Waals surface area contributed by atoms with Crippen LogP contribution in [-0.2, 0) is 16.3 Å². The summed E-state index contributed by atoms with van der Waals surface area (Å²) in [6.45, 7) is 3.38. The molecular weight excluding hydrogens is 208 g/mol. The molecule has 0 N–H and O–H groups in total. The molecule has 0 heterocycles. The first kappa shape index (κ1) is 12.0. The van der Waals surface area contributed by atoms with Crippen molar-refractivity contribution in [1.29, 1.82) is 0 Å². The Labute approximate surface area is 91.6 Å². The van der Waals surface area contributed by atoms with E-state index in [9.17, 15) is 8.42 Å². The minimum atomic E-state index is -3.05. The van der Waals surface area contributed by atoms with Gasteiger partial charge in [0.2, 0.25) is 0 Å². The maximum Gasteiger partial charge on any atom is 0.174 e. The molecule has 0 radical (unpaired) electrons. The second-order valence-corrected chi connectivity index (χ2v) is 5.74. The second kappa shape index (κ2) is 5.12. The third-order valence-electron chi connectivity index (χ3n) is 2.40. The van der Waals surface area contributed by atoms with Crippen molar-refractivity contribution in [2.45, 2.75) is 20.3 Å². The molecular formula is C12H16O2S. The van der Waals surface area contributed by atoms with Crippen molar-refractivity contribution in [3.63, 3.8) is 0 Å². The smallest absolute Gasteiger partial charge is 0.174 e. The highest BCUT2D eigenvalue weighted by Crippen LogP contribution is 2.09. The fraction of sp³-hybridized carbons (Fsp3) is 0.333. The lowest BCUT2D eigenvalue weighted by molar-refractivity contribution is 0.601. The minimum Gasteiger partial charge on any atom is -0.224 e. The number of hydrogen-bond donors (Lipinski definition) is 0. The van der Waals surface area contributed by atoms with Gasteiger partial charge in [-0.15, -0.1) is 0 Å². The number of benzene rings is 1. The van der Waals surface area contributed by atoms with Gasteiger partial charge in [0.15, 0.2) is 9.84 Å². The van der Waals surface area contributed by atoms with E-state index >= 15 is 0 Å². The van der Waals surface area contributed by atoms with E-state index in [1.54, 1.807) is 19.9 Å². The van der Waals surface area contributed by atoms with Gasteiger partial charge in [-0.25, -0.2) is 8.42 Å². The average Bonchev–Trinajstić information content (AvgIpc) is 2.27. The van der Waals surface area contributed by atoms with Crippen LogP contribution in [0.15, 0.2) is 41.3 Å². The molecule has 1 aromatic rings. The molecule has 0 spiro atoms. The Morgan fingerprint density at radius 3 is 2.40 bits per heavy atom. The standard InChI is InChI=1S/C12H16O2S/c1-3-11(2)15(13,14)10-9-12-7-5-4-6-8-12/h3-8H,9-10H2,1-2H3/b11-3+. The Morgan fingerprint density at radius 2 is 1.87 bits per heavy atom. The number of aryl methyl sites for hydroxylation is 1. The molecule has 0 unspecified atom stereocenters. The SMILES string of the molecule is C/C=C(\C)S(=O)(=O)CCc1ccccc1. The van der Waals surface area contributed by atoms with Gasteiger partial charge < -0.3 is 0 Å². The molecule has 1 aromatic carbocycles. The lowest BCUT2D eigenvalue weighted by Gasteiger charge is -2.03. The quantitative estimate of drug-likeness (QED) is 0.787. The van der Waals surface area contributed by atoms with E-state index in [2.05, 4.69) is 0 Å². The Morgan fingerprint density at radius 1 is 1.27 bits per heavy atom. The lowest BCUT2D eigenvalue weighted by Crippen LogP contribution is -2.09. The van der Waals surface area contributed by atoms with E-state index in [0.717, 1.165) is 5.56 Å². The van der Waals surface area contributed by atoms with Crippen LogP contribution in [0.5, 0.6) is 0 Å². The van der Waals surface area contributed by atoms with Crippen molar-refractivity contribution in [3.8, 4) is 0 Å². The molecule has 3 heteroatoms. The Kier molecular flexibility index (Phi) is 4.09. The average molecular weight is 224 g/mol. The van der Waals surface area contributed by atoms with Gasteiger partial charge in [0.05, 0.1) is 5.75 Å². The van der Waals surface area contributed by atoms with Crippen LogP contribution in [0.3, 0.4) is 0 Å². The zero-order chi connectivity index (χ0) is 11.3. The highest BCUT2D eigenvalue weighted by molar-refractivity contribution is 7.95. The second-order valence-electron chi connectivity index (χ2n) is 3.45. The number of rotatable bonds is 4. The fourth-order valence-electron chi connectivity index (χ4n) is 1.24. The summed E-state index contributed by atoms with van der Waals surface area (Å²) in [7, 11) is -3.05. The Bertz CT molecular complexity index is 430. The number of hydrogen-bond acceptors (Lipinski definition) is 2. The largest absolute Gasteiger partial charge is 0.224 e. The maximum absolute atomic E-state index is 11.7. The van der Waals surface area contributed by atoms with E-state index in [4.69, 9.17) is 0 Å². The maximum atomic E-state index is 11.7. The van der Waals surface area contributed by atoms with Crippen molar-refractivity contribution in [2.75, 3.05) is 5.75 Å². The summed E-state index contributed by atoms with van der Waals surface area (Å²) >= 11 is 0. The molecule has 15 heavy (non-hydrogen) atoms. The molecule has 0 atom stereocenters. The highest BCUT2D eigenvalue weighted by Gasteiger charge is 2.12. The third-order valence-corrected chi connectivity index (χ3v) is 4.36. The fourth-order valence-corrected chi connectivity index (χ4v) is 2.42. The van der Waals surface area contributed by atoms with Crippen LogP contribution in [0, 0.1) is 0 Å². The van der Waals surface area contributed by atoms with Gasteiger partial charge in [-0.2, -0.15) is 0 Å². The zero-order valence-corrected chi connectivity index (χ0v) is 9.92. The predicted molar refractivity (Wildman–Crippen MR) is 63.4 cm³/mol. The topological polar surface area (TPSA) is 34.1 Å². The third kappa shape index (κ3) is 3.51. The van der Waals surface area contributed by atoms with Gasteiger partial charge >= 0.3 is 0 Å². The van der Waals surface area contributed by atoms with Crippen molar-refractivity contribution in [1.82, 2.24) is 0 Å². The van der Waals surface area contributed by atoms with Crippen molar-refractivity contribution >= 4 is 9.84 Å². The van der Waals surface area contributed by atoms with Crippen LogP contribution >= 0.6 is 0 Å². The van der Waals surface area contributed by atoms with E-state index in [0.29, 0.717) is 11.3 Å². The molecule has 0 aliphatic heterocycles. The van der Waals surface area contributed by atoms with Crippen LogP contribution in [0.25, 0.3) is 0 Å². The van der Waals surface area contributed by atoms with Crippen LogP contribution in [0.4, 0.5) is 0 Å². The van der Waals surface area contributed by atoms with Crippen LogP contribution < -0.4 is 0 Å². The normalized spacial score (nSPS) is 12.8. The minimum absolute atomic E-state index is 0.188. The molecule has 0 fully saturated rings. The van der Waals surface area contributed by atoms with Gasteiger partial charge in [-0.3, -0.25) is 0 Å². The highest BCUT2D eigenvalue weighted by atomic mass is 32.2. The van der Waals surface area contributed by atoms with E-state index in [1.165, 1.54) is 0 Å². The van der Waals surface area contributed by atoms with Crippen molar-refractivity contribution in [3.05, 3.63) is 46.9 Å². The Hall–Kier alpha value is -1.09. The van der Waals surface area contributed by atoms with E-state index in [-0.39, 0.29) is 5.75 Å². The first-order valence-corrected chi connectivity index (χ1v) is 6.61. The van der Waals surface area contributed by atoms with Crippen molar-refractivity contribution in [2.24, 2.45) is 0 Å². The molecule has 0 bridgehead atoms. The van der Waals surface area contributed by atoms with E-state index < -0.39 is 9.84 Å². The molecule has 82 valence electrons. The van der Waals surface area contributed by atoms with Crippen molar-refractivity contribution < 1.29 is 8.42 Å². The zero-order valence-electron chi connectivity index (χ0n) is 9.10. The first-order chi connectivity index (χ1) is 7.06. The molecule has 0 aliphatic rings. The summed E-state index contributed by atoms with van der Waals surface area (Å²) in [5.74, 6) is 0.188. The summed E-state index contributed by atoms with van der Waals surface area (Å²) in [5, 5.41) is 0. The summed E-state index contributed by atoms with van der Waals surface area (Å²) < 4.78 is 23.3. The molecule has 1 rings (SSSR count).